The Labute approximate surface area is 98.3 Å². The second kappa shape index (κ2) is 3.89. The Hall–Kier alpha value is -0.820. The van der Waals surface area contributed by atoms with Crippen molar-refractivity contribution in [3.05, 3.63) is 35.9 Å². The average molecular weight is 215 g/mol. The molecule has 0 radical (unpaired) electrons. The van der Waals surface area contributed by atoms with Crippen molar-refractivity contribution in [2.45, 2.75) is 44.1 Å². The largest absolute Gasteiger partial charge is 0.313 e. The van der Waals surface area contributed by atoms with Crippen LogP contribution in [0, 0.1) is 5.92 Å². The van der Waals surface area contributed by atoms with Crippen molar-refractivity contribution in [1.29, 1.82) is 0 Å². The van der Waals surface area contributed by atoms with Crippen molar-refractivity contribution in [3.63, 3.8) is 0 Å². The fourth-order valence-corrected chi connectivity index (χ4v) is 3.15. The molecule has 2 fully saturated rings. The molecule has 1 nitrogen and oxygen atoms in total. The Morgan fingerprint density at radius 1 is 1.25 bits per heavy atom. The van der Waals surface area contributed by atoms with Crippen molar-refractivity contribution in [1.82, 2.24) is 5.32 Å². The van der Waals surface area contributed by atoms with E-state index >= 15 is 0 Å². The van der Waals surface area contributed by atoms with E-state index < -0.39 is 0 Å². The summed E-state index contributed by atoms with van der Waals surface area (Å²) in [7, 11) is 0. The zero-order chi connectivity index (χ0) is 11.0. The van der Waals surface area contributed by atoms with Crippen LogP contribution in [0.4, 0.5) is 0 Å². The summed E-state index contributed by atoms with van der Waals surface area (Å²) in [4.78, 5) is 0. The highest BCUT2D eigenvalue weighted by Crippen LogP contribution is 2.56. The van der Waals surface area contributed by atoms with Gasteiger partial charge in [0.05, 0.1) is 0 Å². The fraction of sp³-hybridized carbons (Fsp3) is 0.600. The first kappa shape index (κ1) is 10.3. The maximum atomic E-state index is 3.75. The molecule has 1 heteroatoms. The second-order valence-electron chi connectivity index (χ2n) is 5.39. The number of nitrogens with one attached hydrogen (secondary N) is 1. The van der Waals surface area contributed by atoms with E-state index in [0.29, 0.717) is 5.41 Å². The summed E-state index contributed by atoms with van der Waals surface area (Å²) in [5.41, 5.74) is 2.05. The van der Waals surface area contributed by atoms with E-state index in [1.54, 1.807) is 5.56 Å². The Morgan fingerprint density at radius 2 is 1.94 bits per heavy atom. The standard InChI is InChI=1S/C15H21N/c1-2-16-14(12-8-9-12)15(10-11-15)13-6-4-3-5-7-13/h3-7,12,14,16H,2,8-11H2,1H3. The molecule has 2 aliphatic carbocycles. The molecular weight excluding hydrogens is 194 g/mol. The first-order valence-electron chi connectivity index (χ1n) is 6.66. The summed E-state index contributed by atoms with van der Waals surface area (Å²) in [6.07, 6.45) is 5.63. The minimum Gasteiger partial charge on any atom is -0.313 e. The molecule has 2 saturated carbocycles. The van der Waals surface area contributed by atoms with Gasteiger partial charge in [0.2, 0.25) is 0 Å². The molecule has 0 spiro atoms. The second-order valence-corrected chi connectivity index (χ2v) is 5.39. The predicted octanol–water partition coefficient (Wildman–Crippen LogP) is 3.11. The van der Waals surface area contributed by atoms with Crippen LogP contribution in [0.1, 0.15) is 38.2 Å². The maximum Gasteiger partial charge on any atom is 0.0192 e. The molecule has 2 aliphatic rings. The third-order valence-electron chi connectivity index (χ3n) is 4.25. The Morgan fingerprint density at radius 3 is 2.44 bits per heavy atom. The smallest absolute Gasteiger partial charge is 0.0192 e. The van der Waals surface area contributed by atoms with Gasteiger partial charge in [-0.05, 0) is 43.7 Å². The molecular formula is C15H21N. The Kier molecular flexibility index (Phi) is 2.51. The van der Waals surface area contributed by atoms with Crippen LogP contribution in [0.3, 0.4) is 0 Å². The molecule has 0 aromatic heterocycles. The van der Waals surface area contributed by atoms with Crippen LogP contribution in [-0.2, 0) is 5.41 Å². The molecule has 0 bridgehead atoms. The van der Waals surface area contributed by atoms with E-state index in [-0.39, 0.29) is 0 Å². The number of hydrogen-bond acceptors (Lipinski definition) is 1. The van der Waals surface area contributed by atoms with Gasteiger partial charge in [0.25, 0.3) is 0 Å². The predicted molar refractivity (Wildman–Crippen MR) is 67.5 cm³/mol. The molecule has 0 saturated heterocycles. The van der Waals surface area contributed by atoms with Gasteiger partial charge in [-0.25, -0.2) is 0 Å². The van der Waals surface area contributed by atoms with Gasteiger partial charge in [-0.15, -0.1) is 0 Å². The lowest BCUT2D eigenvalue weighted by atomic mass is 9.85. The van der Waals surface area contributed by atoms with Gasteiger partial charge in [0.15, 0.2) is 0 Å². The number of likely N-dealkylation sites (N-methyl/N-ethyl adjacent to an activating group) is 1. The lowest BCUT2D eigenvalue weighted by Crippen LogP contribution is -2.41. The van der Waals surface area contributed by atoms with Crippen molar-refractivity contribution >= 4 is 0 Å². The third kappa shape index (κ3) is 1.67. The van der Waals surface area contributed by atoms with Gasteiger partial charge < -0.3 is 5.32 Å². The van der Waals surface area contributed by atoms with Crippen molar-refractivity contribution in [2.75, 3.05) is 6.54 Å². The SMILES string of the molecule is CCNC(C1CC1)C1(c2ccccc2)CC1. The first-order chi connectivity index (χ1) is 7.87. The van der Waals surface area contributed by atoms with Crippen LogP contribution in [0.5, 0.6) is 0 Å². The third-order valence-corrected chi connectivity index (χ3v) is 4.25. The van der Waals surface area contributed by atoms with Gasteiger partial charge in [-0.2, -0.15) is 0 Å². The lowest BCUT2D eigenvalue weighted by Gasteiger charge is -2.28. The minimum atomic E-state index is 0.485. The van der Waals surface area contributed by atoms with Crippen LogP contribution in [0.15, 0.2) is 30.3 Å². The molecule has 1 unspecified atom stereocenters. The van der Waals surface area contributed by atoms with Gasteiger partial charge >= 0.3 is 0 Å². The van der Waals surface area contributed by atoms with E-state index in [4.69, 9.17) is 0 Å². The molecule has 0 aliphatic heterocycles. The summed E-state index contributed by atoms with van der Waals surface area (Å²) in [6.45, 7) is 3.34. The number of hydrogen-bond donors (Lipinski definition) is 1. The van der Waals surface area contributed by atoms with Crippen molar-refractivity contribution < 1.29 is 0 Å². The number of benzene rings is 1. The average Bonchev–Trinajstić information content (AvgIpc) is 3.21. The van der Waals surface area contributed by atoms with E-state index in [1.807, 2.05) is 0 Å². The molecule has 0 amide bonds. The molecule has 1 N–H and O–H groups in total. The van der Waals surface area contributed by atoms with E-state index in [1.165, 1.54) is 25.7 Å². The number of rotatable bonds is 5. The summed E-state index contributed by atoms with van der Waals surface area (Å²) in [6, 6.07) is 11.9. The topological polar surface area (TPSA) is 12.0 Å². The van der Waals surface area contributed by atoms with Gasteiger partial charge in [0, 0.05) is 11.5 Å². The van der Waals surface area contributed by atoms with Crippen LogP contribution >= 0.6 is 0 Å². The molecule has 86 valence electrons. The Balaban J connectivity index is 1.86. The quantitative estimate of drug-likeness (QED) is 0.796. The van der Waals surface area contributed by atoms with Gasteiger partial charge in [0.1, 0.15) is 0 Å². The Bertz CT molecular complexity index is 349. The van der Waals surface area contributed by atoms with Gasteiger partial charge in [-0.1, -0.05) is 37.3 Å². The van der Waals surface area contributed by atoms with E-state index in [9.17, 15) is 0 Å². The van der Waals surface area contributed by atoms with Crippen LogP contribution < -0.4 is 5.32 Å². The summed E-state index contributed by atoms with van der Waals surface area (Å²) >= 11 is 0. The zero-order valence-electron chi connectivity index (χ0n) is 10.1. The molecule has 1 aromatic carbocycles. The lowest BCUT2D eigenvalue weighted by molar-refractivity contribution is 0.382. The van der Waals surface area contributed by atoms with E-state index in [0.717, 1.165) is 18.5 Å². The highest BCUT2D eigenvalue weighted by atomic mass is 15.0. The fourth-order valence-electron chi connectivity index (χ4n) is 3.15. The highest BCUT2D eigenvalue weighted by Gasteiger charge is 2.54. The summed E-state index contributed by atoms with van der Waals surface area (Å²) < 4.78 is 0. The zero-order valence-corrected chi connectivity index (χ0v) is 10.1. The molecule has 16 heavy (non-hydrogen) atoms. The summed E-state index contributed by atoms with van der Waals surface area (Å²) in [5, 5.41) is 3.75. The van der Waals surface area contributed by atoms with Crippen molar-refractivity contribution in [3.8, 4) is 0 Å². The van der Waals surface area contributed by atoms with Crippen molar-refractivity contribution in [2.24, 2.45) is 5.92 Å². The monoisotopic (exact) mass is 215 g/mol. The molecule has 1 atom stereocenters. The highest BCUT2D eigenvalue weighted by molar-refractivity contribution is 5.34. The maximum absolute atomic E-state index is 3.75. The van der Waals surface area contributed by atoms with Gasteiger partial charge in [-0.3, -0.25) is 0 Å². The summed E-state index contributed by atoms with van der Waals surface area (Å²) in [5.74, 6) is 0.947. The first-order valence-corrected chi connectivity index (χ1v) is 6.66. The molecule has 0 heterocycles. The molecule has 3 rings (SSSR count). The van der Waals surface area contributed by atoms with E-state index in [2.05, 4.69) is 42.6 Å². The van der Waals surface area contributed by atoms with Crippen LogP contribution in [0.25, 0.3) is 0 Å². The van der Waals surface area contributed by atoms with Crippen LogP contribution in [0.2, 0.25) is 0 Å². The normalized spacial score (nSPS) is 24.1. The van der Waals surface area contributed by atoms with Crippen LogP contribution in [-0.4, -0.2) is 12.6 Å². The molecule has 1 aromatic rings. The minimum absolute atomic E-state index is 0.485.